The molecule has 0 amide bonds. The van der Waals surface area contributed by atoms with Crippen LogP contribution in [0.2, 0.25) is 0 Å². The Morgan fingerprint density at radius 1 is 1.11 bits per heavy atom. The van der Waals surface area contributed by atoms with E-state index in [1.54, 1.807) is 0 Å². The first-order chi connectivity index (χ1) is 9.05. The summed E-state index contributed by atoms with van der Waals surface area (Å²) in [7, 11) is 0. The van der Waals surface area contributed by atoms with Crippen molar-refractivity contribution in [3.63, 3.8) is 0 Å². The van der Waals surface area contributed by atoms with Gasteiger partial charge < -0.3 is 14.6 Å². The van der Waals surface area contributed by atoms with Crippen LogP contribution in [0.25, 0.3) is 0 Å². The van der Waals surface area contributed by atoms with Crippen LogP contribution in [0.3, 0.4) is 0 Å². The van der Waals surface area contributed by atoms with Gasteiger partial charge in [0.15, 0.2) is 0 Å². The second kappa shape index (κ2) is 4.37. The van der Waals surface area contributed by atoms with E-state index < -0.39 is 11.6 Å². The zero-order valence-corrected chi connectivity index (χ0v) is 11.0. The van der Waals surface area contributed by atoms with Gasteiger partial charge in [-0.3, -0.25) is 0 Å². The lowest BCUT2D eigenvalue weighted by Crippen LogP contribution is -2.36. The highest BCUT2D eigenvalue weighted by Gasteiger charge is 2.46. The zero-order chi connectivity index (χ0) is 13.5. The molecule has 0 aliphatic heterocycles. The summed E-state index contributed by atoms with van der Waals surface area (Å²) in [6.07, 6.45) is 9.63. The molecule has 2 N–H and O–H groups in total. The molecule has 1 spiro atoms. The lowest BCUT2D eigenvalue weighted by Gasteiger charge is -2.41. The predicted octanol–water partition coefficient (Wildman–Crippen LogP) is 3.30. The fourth-order valence-electron chi connectivity index (χ4n) is 3.88. The first kappa shape index (κ1) is 12.7. The van der Waals surface area contributed by atoms with Gasteiger partial charge >= 0.3 is 5.97 Å². The van der Waals surface area contributed by atoms with Crippen molar-refractivity contribution in [2.24, 2.45) is 5.41 Å². The molecule has 1 heterocycles. The van der Waals surface area contributed by atoms with E-state index in [1.807, 2.05) is 0 Å². The maximum absolute atomic E-state index is 11.1. The molecule has 3 rings (SSSR count). The number of carboxylic acid groups (broad SMARTS) is 1. The Hall–Kier alpha value is -1.29. The highest BCUT2D eigenvalue weighted by atomic mass is 16.4. The number of aromatic carboxylic acids is 1. The average Bonchev–Trinajstić information content (AvgIpc) is 3.04. The number of carbonyl (C=O) groups is 1. The number of rotatable bonds is 2. The summed E-state index contributed by atoms with van der Waals surface area (Å²) in [6.45, 7) is 0. The van der Waals surface area contributed by atoms with Gasteiger partial charge in [0.1, 0.15) is 16.9 Å². The standard InChI is InChI=1S/C15H20O4/c16-13(17)11-3-10-19-12(11)15(18)8-6-14(7-9-15)4-1-2-5-14/h3,10,18H,1-2,4-9H2,(H,16,17). The molecule has 0 atom stereocenters. The smallest absolute Gasteiger partial charge is 0.339 e. The van der Waals surface area contributed by atoms with Gasteiger partial charge in [-0.25, -0.2) is 4.79 Å². The average molecular weight is 264 g/mol. The minimum atomic E-state index is -1.09. The topological polar surface area (TPSA) is 70.7 Å². The molecule has 2 saturated carbocycles. The van der Waals surface area contributed by atoms with Crippen LogP contribution in [0, 0.1) is 5.41 Å². The summed E-state index contributed by atoms with van der Waals surface area (Å²) in [5, 5.41) is 19.9. The van der Waals surface area contributed by atoms with Crippen LogP contribution in [0.1, 0.15) is 67.5 Å². The molecule has 1 aromatic rings. The lowest BCUT2D eigenvalue weighted by molar-refractivity contribution is -0.0535. The van der Waals surface area contributed by atoms with Crippen molar-refractivity contribution in [2.75, 3.05) is 0 Å². The molecule has 0 unspecified atom stereocenters. The third kappa shape index (κ3) is 2.08. The monoisotopic (exact) mass is 264 g/mol. The van der Waals surface area contributed by atoms with Gasteiger partial charge in [-0.05, 0) is 50.0 Å². The first-order valence-corrected chi connectivity index (χ1v) is 7.08. The summed E-state index contributed by atoms with van der Waals surface area (Å²) < 4.78 is 5.29. The molecule has 2 aliphatic rings. The van der Waals surface area contributed by atoms with Gasteiger partial charge in [-0.15, -0.1) is 0 Å². The lowest BCUT2D eigenvalue weighted by atomic mass is 9.67. The van der Waals surface area contributed by atoms with E-state index in [-0.39, 0.29) is 11.3 Å². The number of aliphatic hydroxyl groups is 1. The molecular formula is C15H20O4. The summed E-state index contributed by atoms with van der Waals surface area (Å²) >= 11 is 0. The van der Waals surface area contributed by atoms with Gasteiger partial charge in [-0.1, -0.05) is 12.8 Å². The number of hydrogen-bond donors (Lipinski definition) is 2. The van der Waals surface area contributed by atoms with Crippen molar-refractivity contribution in [1.82, 2.24) is 0 Å². The predicted molar refractivity (Wildman–Crippen MR) is 68.9 cm³/mol. The first-order valence-electron chi connectivity index (χ1n) is 7.08. The van der Waals surface area contributed by atoms with Crippen molar-refractivity contribution in [3.8, 4) is 0 Å². The molecule has 2 aliphatic carbocycles. The quantitative estimate of drug-likeness (QED) is 0.859. The minimum Gasteiger partial charge on any atom is -0.478 e. The Morgan fingerprint density at radius 3 is 2.32 bits per heavy atom. The molecule has 0 radical (unpaired) electrons. The van der Waals surface area contributed by atoms with Gasteiger partial charge in [0.2, 0.25) is 0 Å². The Balaban J connectivity index is 1.81. The molecule has 4 heteroatoms. The van der Waals surface area contributed by atoms with Crippen LogP contribution in [0.4, 0.5) is 0 Å². The number of furan rings is 1. The van der Waals surface area contributed by atoms with Crippen LogP contribution < -0.4 is 0 Å². The third-order valence-electron chi connectivity index (χ3n) is 5.12. The van der Waals surface area contributed by atoms with Gasteiger partial charge in [0.25, 0.3) is 0 Å². The largest absolute Gasteiger partial charge is 0.478 e. The molecule has 104 valence electrons. The SMILES string of the molecule is O=C(O)c1ccoc1C1(O)CCC2(CCCC2)CC1. The van der Waals surface area contributed by atoms with Crippen molar-refractivity contribution >= 4 is 5.97 Å². The fraction of sp³-hybridized carbons (Fsp3) is 0.667. The van der Waals surface area contributed by atoms with E-state index in [0.29, 0.717) is 18.3 Å². The third-order valence-corrected chi connectivity index (χ3v) is 5.12. The maximum atomic E-state index is 11.1. The number of carboxylic acids is 1. The van der Waals surface area contributed by atoms with E-state index in [0.717, 1.165) is 12.8 Å². The van der Waals surface area contributed by atoms with E-state index in [1.165, 1.54) is 38.0 Å². The van der Waals surface area contributed by atoms with E-state index in [4.69, 9.17) is 9.52 Å². The van der Waals surface area contributed by atoms with Gasteiger partial charge in [-0.2, -0.15) is 0 Å². The van der Waals surface area contributed by atoms with Gasteiger partial charge in [0.05, 0.1) is 6.26 Å². The zero-order valence-electron chi connectivity index (χ0n) is 11.0. The van der Waals surface area contributed by atoms with Gasteiger partial charge in [0, 0.05) is 0 Å². The van der Waals surface area contributed by atoms with Crippen LogP contribution in [0.5, 0.6) is 0 Å². The van der Waals surface area contributed by atoms with E-state index >= 15 is 0 Å². The summed E-state index contributed by atoms with van der Waals surface area (Å²) in [5.74, 6) is -0.786. The maximum Gasteiger partial charge on any atom is 0.339 e. The Morgan fingerprint density at radius 2 is 1.74 bits per heavy atom. The highest BCUT2D eigenvalue weighted by Crippen LogP contribution is 2.53. The van der Waals surface area contributed by atoms with Crippen molar-refractivity contribution in [2.45, 2.75) is 57.0 Å². The fourth-order valence-corrected chi connectivity index (χ4v) is 3.88. The van der Waals surface area contributed by atoms with Crippen LogP contribution in [-0.2, 0) is 5.60 Å². The Kier molecular flexibility index (Phi) is 2.93. The second-order valence-corrected chi connectivity index (χ2v) is 6.21. The van der Waals surface area contributed by atoms with Crippen molar-refractivity contribution in [1.29, 1.82) is 0 Å². The Labute approximate surface area is 112 Å². The molecule has 2 fully saturated rings. The van der Waals surface area contributed by atoms with Crippen LogP contribution in [0.15, 0.2) is 16.7 Å². The molecule has 0 aromatic carbocycles. The van der Waals surface area contributed by atoms with Crippen LogP contribution >= 0.6 is 0 Å². The minimum absolute atomic E-state index is 0.102. The molecule has 4 nitrogen and oxygen atoms in total. The molecule has 1 aromatic heterocycles. The molecule has 0 saturated heterocycles. The molecule has 0 bridgehead atoms. The number of hydrogen-bond acceptors (Lipinski definition) is 3. The second-order valence-electron chi connectivity index (χ2n) is 6.21. The van der Waals surface area contributed by atoms with Crippen molar-refractivity contribution < 1.29 is 19.4 Å². The summed E-state index contributed by atoms with van der Waals surface area (Å²) in [4.78, 5) is 11.1. The summed E-state index contributed by atoms with van der Waals surface area (Å²) in [5.41, 5.74) is -0.585. The molecular weight excluding hydrogens is 244 g/mol. The Bertz CT molecular complexity index is 472. The normalized spacial score (nSPS) is 24.7. The van der Waals surface area contributed by atoms with E-state index in [9.17, 15) is 9.90 Å². The van der Waals surface area contributed by atoms with E-state index in [2.05, 4.69) is 0 Å². The summed E-state index contributed by atoms with van der Waals surface area (Å²) in [6, 6.07) is 1.43. The van der Waals surface area contributed by atoms with Crippen molar-refractivity contribution in [3.05, 3.63) is 23.7 Å². The van der Waals surface area contributed by atoms with Crippen LogP contribution in [-0.4, -0.2) is 16.2 Å². The highest BCUT2D eigenvalue weighted by molar-refractivity contribution is 5.89. The molecule has 19 heavy (non-hydrogen) atoms.